The molecule has 1 rings (SSSR count). The number of carbonyl (C=O) groups is 1. The zero-order valence-electron chi connectivity index (χ0n) is 7.14. The summed E-state index contributed by atoms with van der Waals surface area (Å²) in [4.78, 5) is 10.1. The zero-order valence-corrected chi connectivity index (χ0v) is 7.89. The van der Waals surface area contributed by atoms with Crippen LogP contribution in [0.25, 0.3) is 0 Å². The Morgan fingerprint density at radius 1 is 1.40 bits per heavy atom. The highest BCUT2D eigenvalue weighted by molar-refractivity contribution is 6.33. The number of benzene rings is 1. The molecule has 0 atom stereocenters. The Kier molecular flexibility index (Phi) is 3.41. The first-order valence-electron chi connectivity index (χ1n) is 3.68. The van der Waals surface area contributed by atoms with Crippen LogP contribution in [0.4, 0.5) is 18.9 Å². The van der Waals surface area contributed by atoms with Crippen LogP contribution < -0.4 is 10.1 Å². The molecule has 0 saturated heterocycles. The van der Waals surface area contributed by atoms with Crippen molar-refractivity contribution >= 4 is 23.7 Å². The van der Waals surface area contributed by atoms with Crippen molar-refractivity contribution in [2.45, 2.75) is 6.36 Å². The van der Waals surface area contributed by atoms with Crippen LogP contribution in [-0.2, 0) is 4.79 Å². The third-order valence-corrected chi connectivity index (χ3v) is 1.70. The van der Waals surface area contributed by atoms with Gasteiger partial charge in [0.2, 0.25) is 6.41 Å². The molecule has 1 aromatic carbocycles. The lowest BCUT2D eigenvalue weighted by Crippen LogP contribution is -2.17. The van der Waals surface area contributed by atoms with E-state index >= 15 is 0 Å². The molecule has 0 spiro atoms. The third kappa shape index (κ3) is 3.67. The Morgan fingerprint density at radius 3 is 2.53 bits per heavy atom. The average molecular weight is 240 g/mol. The van der Waals surface area contributed by atoms with Crippen molar-refractivity contribution in [3.63, 3.8) is 0 Å². The van der Waals surface area contributed by atoms with Crippen LogP contribution in [0.3, 0.4) is 0 Å². The third-order valence-electron chi connectivity index (χ3n) is 1.39. The minimum atomic E-state index is -4.76. The van der Waals surface area contributed by atoms with Gasteiger partial charge in [-0.2, -0.15) is 0 Å². The summed E-state index contributed by atoms with van der Waals surface area (Å²) in [7, 11) is 0. The number of rotatable bonds is 3. The van der Waals surface area contributed by atoms with Gasteiger partial charge in [-0.25, -0.2) is 0 Å². The standard InChI is InChI=1S/C8H5ClF3NO2/c9-6-3-5(15-8(10,11)12)1-2-7(6)13-4-14/h1-4H,(H,13,14). The molecule has 0 aliphatic heterocycles. The number of hydrogen-bond acceptors (Lipinski definition) is 2. The fourth-order valence-corrected chi connectivity index (χ4v) is 1.10. The van der Waals surface area contributed by atoms with Crippen molar-refractivity contribution in [3.05, 3.63) is 23.2 Å². The fraction of sp³-hybridized carbons (Fsp3) is 0.125. The van der Waals surface area contributed by atoms with E-state index in [0.717, 1.165) is 12.1 Å². The maximum absolute atomic E-state index is 11.8. The van der Waals surface area contributed by atoms with Crippen LogP contribution in [0.1, 0.15) is 0 Å². The van der Waals surface area contributed by atoms with Crippen molar-refractivity contribution in [2.75, 3.05) is 5.32 Å². The van der Waals surface area contributed by atoms with Crippen molar-refractivity contribution in [1.29, 1.82) is 0 Å². The molecule has 1 amide bonds. The van der Waals surface area contributed by atoms with Crippen LogP contribution in [0.5, 0.6) is 5.75 Å². The molecule has 0 aromatic heterocycles. The number of ether oxygens (including phenoxy) is 1. The maximum atomic E-state index is 11.8. The average Bonchev–Trinajstić information content (AvgIpc) is 2.07. The molecular weight excluding hydrogens is 235 g/mol. The zero-order chi connectivity index (χ0) is 11.5. The van der Waals surface area contributed by atoms with Gasteiger partial charge in [-0.3, -0.25) is 4.79 Å². The molecule has 1 N–H and O–H groups in total. The molecular formula is C8H5ClF3NO2. The first-order valence-corrected chi connectivity index (χ1v) is 4.05. The van der Waals surface area contributed by atoms with Crippen molar-refractivity contribution in [2.24, 2.45) is 0 Å². The number of amides is 1. The minimum absolute atomic E-state index is 0.0381. The van der Waals surface area contributed by atoms with Gasteiger partial charge in [-0.05, 0) is 12.1 Å². The summed E-state index contributed by atoms with van der Waals surface area (Å²) in [5.41, 5.74) is 0.209. The van der Waals surface area contributed by atoms with Crippen molar-refractivity contribution < 1.29 is 22.7 Å². The normalized spacial score (nSPS) is 10.9. The molecule has 0 heterocycles. The summed E-state index contributed by atoms with van der Waals surface area (Å²) in [5.74, 6) is -0.441. The van der Waals surface area contributed by atoms with Gasteiger partial charge >= 0.3 is 6.36 Å². The van der Waals surface area contributed by atoms with E-state index in [1.54, 1.807) is 0 Å². The number of hydrogen-bond donors (Lipinski definition) is 1. The minimum Gasteiger partial charge on any atom is -0.406 e. The molecule has 15 heavy (non-hydrogen) atoms. The lowest BCUT2D eigenvalue weighted by Gasteiger charge is -2.10. The van der Waals surface area contributed by atoms with E-state index in [0.29, 0.717) is 6.41 Å². The molecule has 82 valence electrons. The summed E-state index contributed by atoms with van der Waals surface area (Å²) >= 11 is 5.57. The van der Waals surface area contributed by atoms with Crippen molar-refractivity contribution in [1.82, 2.24) is 0 Å². The van der Waals surface area contributed by atoms with Crippen LogP contribution in [-0.4, -0.2) is 12.8 Å². The van der Waals surface area contributed by atoms with Crippen molar-refractivity contribution in [3.8, 4) is 5.75 Å². The van der Waals surface area contributed by atoms with Gasteiger partial charge in [0.15, 0.2) is 0 Å². The predicted molar refractivity (Wildman–Crippen MR) is 47.8 cm³/mol. The highest BCUT2D eigenvalue weighted by atomic mass is 35.5. The summed E-state index contributed by atoms with van der Waals surface area (Å²) in [6, 6.07) is 3.21. The maximum Gasteiger partial charge on any atom is 0.573 e. The highest BCUT2D eigenvalue weighted by Crippen LogP contribution is 2.29. The molecule has 0 unspecified atom stereocenters. The number of nitrogens with one attached hydrogen (secondary N) is 1. The largest absolute Gasteiger partial charge is 0.573 e. The number of alkyl halides is 3. The molecule has 7 heteroatoms. The van der Waals surface area contributed by atoms with Gasteiger partial charge in [-0.15, -0.1) is 13.2 Å². The van der Waals surface area contributed by atoms with Crippen LogP contribution >= 0.6 is 11.6 Å². The summed E-state index contributed by atoms with van der Waals surface area (Å²) < 4.78 is 39.0. The Bertz CT molecular complexity index is 367. The first-order chi connectivity index (χ1) is 6.92. The van der Waals surface area contributed by atoms with E-state index in [2.05, 4.69) is 10.1 Å². The second kappa shape index (κ2) is 4.39. The van der Waals surface area contributed by atoms with E-state index in [1.807, 2.05) is 0 Å². The van der Waals surface area contributed by atoms with E-state index in [4.69, 9.17) is 11.6 Å². The van der Waals surface area contributed by atoms with E-state index < -0.39 is 12.1 Å². The van der Waals surface area contributed by atoms with E-state index in [1.165, 1.54) is 6.07 Å². The van der Waals surface area contributed by atoms with Gasteiger partial charge < -0.3 is 10.1 Å². The predicted octanol–water partition coefficient (Wildman–Crippen LogP) is 2.81. The summed E-state index contributed by atoms with van der Waals surface area (Å²) in [6.45, 7) is 0. The van der Waals surface area contributed by atoms with E-state index in [9.17, 15) is 18.0 Å². The van der Waals surface area contributed by atoms with Gasteiger partial charge in [0.05, 0.1) is 10.7 Å². The quantitative estimate of drug-likeness (QED) is 0.824. The van der Waals surface area contributed by atoms with Gasteiger partial charge in [0.1, 0.15) is 5.75 Å². The van der Waals surface area contributed by atoms with E-state index in [-0.39, 0.29) is 10.7 Å². The van der Waals surface area contributed by atoms with Gasteiger partial charge in [0.25, 0.3) is 0 Å². The topological polar surface area (TPSA) is 38.3 Å². The summed E-state index contributed by atoms with van der Waals surface area (Å²) in [6.07, 6.45) is -4.39. The highest BCUT2D eigenvalue weighted by Gasteiger charge is 2.31. The Labute approximate surface area is 87.8 Å². The van der Waals surface area contributed by atoms with Gasteiger partial charge in [0, 0.05) is 6.07 Å². The smallest absolute Gasteiger partial charge is 0.406 e. The molecule has 0 fully saturated rings. The van der Waals surface area contributed by atoms with Crippen LogP contribution in [0.2, 0.25) is 5.02 Å². The Balaban J connectivity index is 2.86. The Hall–Kier alpha value is -1.43. The molecule has 0 aliphatic rings. The lowest BCUT2D eigenvalue weighted by atomic mass is 10.3. The molecule has 0 bridgehead atoms. The number of halogens is 4. The monoisotopic (exact) mass is 239 g/mol. The van der Waals surface area contributed by atoms with Gasteiger partial charge in [-0.1, -0.05) is 11.6 Å². The first kappa shape index (κ1) is 11.6. The fourth-order valence-electron chi connectivity index (χ4n) is 0.873. The Morgan fingerprint density at radius 2 is 2.07 bits per heavy atom. The molecule has 0 saturated carbocycles. The molecule has 0 aliphatic carbocycles. The molecule has 1 aromatic rings. The number of anilines is 1. The summed E-state index contributed by atoms with van der Waals surface area (Å²) in [5, 5.41) is 2.18. The molecule has 0 radical (unpaired) electrons. The molecule has 3 nitrogen and oxygen atoms in total. The van der Waals surface area contributed by atoms with Crippen LogP contribution in [0.15, 0.2) is 18.2 Å². The second-order valence-electron chi connectivity index (χ2n) is 2.45. The number of carbonyl (C=O) groups excluding carboxylic acids is 1. The SMILES string of the molecule is O=CNc1ccc(OC(F)(F)F)cc1Cl. The second-order valence-corrected chi connectivity index (χ2v) is 2.86. The van der Waals surface area contributed by atoms with Crippen LogP contribution in [0, 0.1) is 0 Å². The lowest BCUT2D eigenvalue weighted by molar-refractivity contribution is -0.274.